The summed E-state index contributed by atoms with van der Waals surface area (Å²) in [6.07, 6.45) is 5.49. The molecule has 0 radical (unpaired) electrons. The minimum absolute atomic E-state index is 0.0543. The van der Waals surface area contributed by atoms with Crippen LogP contribution in [0, 0.1) is 11.3 Å². The van der Waals surface area contributed by atoms with Gasteiger partial charge in [0.15, 0.2) is 5.58 Å². The molecule has 2 fully saturated rings. The lowest BCUT2D eigenvalue weighted by molar-refractivity contribution is 0.0254. The standard InChI is InChI=1S/C31H30N4O4/c32-18-23-16-22(7-8-28(23)38-25-10-14-37-15-11-25)26-9-13-34-27-17-29(39-30(26)27)20-3-5-21(6-4-20)31(36)35-24-2-1-12-33-19-24/h3-9,13,16-17,24-25,33H,1-2,10-12,14-15,19H2,(H,35,36)/t24-/m1/s1. The highest BCUT2D eigenvalue weighted by molar-refractivity contribution is 5.95. The average molecular weight is 523 g/mol. The SMILES string of the molecule is N#Cc1cc(-c2ccnc3cc(-c4ccc(C(=O)N[C@@H]5CCCNC5)cc4)oc23)ccc1OC1CCOCC1. The fourth-order valence-corrected chi connectivity index (χ4v) is 5.20. The van der Waals surface area contributed by atoms with Gasteiger partial charge in [0.25, 0.3) is 5.91 Å². The van der Waals surface area contributed by atoms with Crippen LogP contribution in [0.2, 0.25) is 0 Å². The van der Waals surface area contributed by atoms with E-state index in [4.69, 9.17) is 13.9 Å². The Labute approximate surface area is 226 Å². The van der Waals surface area contributed by atoms with Gasteiger partial charge in [0.2, 0.25) is 0 Å². The van der Waals surface area contributed by atoms with E-state index in [-0.39, 0.29) is 18.1 Å². The van der Waals surface area contributed by atoms with Gasteiger partial charge >= 0.3 is 0 Å². The number of nitriles is 1. The third-order valence-corrected chi connectivity index (χ3v) is 7.35. The smallest absolute Gasteiger partial charge is 0.251 e. The third kappa shape index (κ3) is 5.51. The van der Waals surface area contributed by atoms with Crippen molar-refractivity contribution in [3.8, 4) is 34.3 Å². The van der Waals surface area contributed by atoms with Crippen LogP contribution < -0.4 is 15.4 Å². The molecule has 2 aliphatic heterocycles. The van der Waals surface area contributed by atoms with Crippen molar-refractivity contribution in [3.05, 3.63) is 71.9 Å². The minimum atomic E-state index is -0.0682. The molecule has 2 aliphatic rings. The molecule has 6 rings (SSSR count). The van der Waals surface area contributed by atoms with Crippen molar-refractivity contribution in [2.24, 2.45) is 0 Å². The second kappa shape index (κ2) is 11.3. The van der Waals surface area contributed by atoms with Crippen molar-refractivity contribution in [2.45, 2.75) is 37.8 Å². The van der Waals surface area contributed by atoms with Crippen LogP contribution in [0.5, 0.6) is 5.75 Å². The lowest BCUT2D eigenvalue weighted by atomic mass is 10.0. The minimum Gasteiger partial charge on any atom is -0.489 e. The summed E-state index contributed by atoms with van der Waals surface area (Å²) in [4.78, 5) is 17.2. The molecule has 2 N–H and O–H groups in total. The van der Waals surface area contributed by atoms with Crippen LogP contribution in [0.25, 0.3) is 33.6 Å². The van der Waals surface area contributed by atoms with Gasteiger partial charge in [-0.25, -0.2) is 0 Å². The van der Waals surface area contributed by atoms with Crippen LogP contribution in [0.4, 0.5) is 0 Å². The Bertz CT molecular complexity index is 1510. The summed E-state index contributed by atoms with van der Waals surface area (Å²) in [5, 5.41) is 16.2. The van der Waals surface area contributed by atoms with E-state index in [1.54, 1.807) is 6.20 Å². The van der Waals surface area contributed by atoms with E-state index in [9.17, 15) is 10.1 Å². The summed E-state index contributed by atoms with van der Waals surface area (Å²) < 4.78 is 17.8. The zero-order valence-electron chi connectivity index (χ0n) is 21.6. The Balaban J connectivity index is 1.23. The van der Waals surface area contributed by atoms with Gasteiger partial charge in [0.1, 0.15) is 29.2 Å². The van der Waals surface area contributed by atoms with Gasteiger partial charge in [-0.2, -0.15) is 5.26 Å². The number of furan rings is 1. The average Bonchev–Trinajstić information content (AvgIpc) is 3.43. The molecule has 1 atom stereocenters. The number of aromatic nitrogens is 1. The summed E-state index contributed by atoms with van der Waals surface area (Å²) in [6.45, 7) is 3.16. The first-order valence-corrected chi connectivity index (χ1v) is 13.5. The highest BCUT2D eigenvalue weighted by atomic mass is 16.5. The highest BCUT2D eigenvalue weighted by Crippen LogP contribution is 2.35. The van der Waals surface area contributed by atoms with Crippen LogP contribution in [-0.4, -0.2) is 49.3 Å². The number of rotatable bonds is 6. The van der Waals surface area contributed by atoms with Crippen LogP contribution in [-0.2, 0) is 4.74 Å². The molecule has 2 aromatic carbocycles. The molecule has 39 heavy (non-hydrogen) atoms. The first kappa shape index (κ1) is 25.1. The van der Waals surface area contributed by atoms with Crippen molar-refractivity contribution < 1.29 is 18.7 Å². The topological polar surface area (TPSA) is 109 Å². The van der Waals surface area contributed by atoms with Gasteiger partial charge in [-0.1, -0.05) is 18.2 Å². The second-order valence-corrected chi connectivity index (χ2v) is 10.0. The second-order valence-electron chi connectivity index (χ2n) is 10.0. The number of nitrogens with zero attached hydrogens (tertiary/aromatic N) is 2. The van der Waals surface area contributed by atoms with E-state index in [2.05, 4.69) is 21.7 Å². The quantitative estimate of drug-likeness (QED) is 0.364. The maximum atomic E-state index is 12.7. The number of nitrogens with one attached hydrogen (secondary N) is 2. The van der Waals surface area contributed by atoms with E-state index < -0.39 is 0 Å². The van der Waals surface area contributed by atoms with Crippen molar-refractivity contribution in [1.82, 2.24) is 15.6 Å². The Morgan fingerprint density at radius 3 is 2.64 bits per heavy atom. The number of hydrogen-bond acceptors (Lipinski definition) is 7. The van der Waals surface area contributed by atoms with Crippen LogP contribution in [0.3, 0.4) is 0 Å². The van der Waals surface area contributed by atoms with Crippen molar-refractivity contribution in [1.29, 1.82) is 5.26 Å². The molecule has 0 unspecified atom stereocenters. The Hall–Kier alpha value is -4.19. The van der Waals surface area contributed by atoms with Gasteiger partial charge in [-0.3, -0.25) is 9.78 Å². The molecule has 8 heteroatoms. The molecule has 2 aromatic heterocycles. The molecule has 198 valence electrons. The zero-order valence-corrected chi connectivity index (χ0v) is 21.6. The van der Waals surface area contributed by atoms with Gasteiger partial charge in [0.05, 0.1) is 18.8 Å². The number of ether oxygens (including phenoxy) is 2. The Kier molecular flexibility index (Phi) is 7.26. The number of amides is 1. The molecule has 4 heterocycles. The molecule has 4 aromatic rings. The third-order valence-electron chi connectivity index (χ3n) is 7.35. The normalized spacial score (nSPS) is 18.0. The summed E-state index contributed by atoms with van der Waals surface area (Å²) >= 11 is 0. The van der Waals surface area contributed by atoms with Gasteiger partial charge in [0, 0.05) is 54.4 Å². The van der Waals surface area contributed by atoms with Crippen molar-refractivity contribution in [3.63, 3.8) is 0 Å². The van der Waals surface area contributed by atoms with E-state index >= 15 is 0 Å². The van der Waals surface area contributed by atoms with Gasteiger partial charge < -0.3 is 24.5 Å². The number of hydrogen-bond donors (Lipinski definition) is 2. The Morgan fingerprint density at radius 2 is 1.87 bits per heavy atom. The Morgan fingerprint density at radius 1 is 1.05 bits per heavy atom. The number of carbonyl (C=O) groups excluding carboxylic acids is 1. The van der Waals surface area contributed by atoms with Crippen molar-refractivity contribution >= 4 is 17.0 Å². The lowest BCUT2D eigenvalue weighted by Crippen LogP contribution is -2.45. The molecule has 0 spiro atoms. The maximum Gasteiger partial charge on any atom is 0.251 e. The van der Waals surface area contributed by atoms with Crippen LogP contribution >= 0.6 is 0 Å². The fourth-order valence-electron chi connectivity index (χ4n) is 5.20. The molecule has 8 nitrogen and oxygen atoms in total. The summed E-state index contributed by atoms with van der Waals surface area (Å²) in [7, 11) is 0. The molecule has 2 saturated heterocycles. The number of piperidine rings is 1. The van der Waals surface area contributed by atoms with Gasteiger partial charge in [-0.05, 0) is 55.3 Å². The predicted molar refractivity (Wildman–Crippen MR) is 147 cm³/mol. The number of benzene rings is 2. The fraction of sp³-hybridized carbons (Fsp3) is 0.323. The first-order valence-electron chi connectivity index (χ1n) is 13.5. The van der Waals surface area contributed by atoms with Crippen LogP contribution in [0.15, 0.2) is 65.2 Å². The number of fused-ring (bicyclic) bond motifs is 1. The van der Waals surface area contributed by atoms with E-state index in [1.165, 1.54) is 0 Å². The molecule has 1 amide bonds. The summed E-state index contributed by atoms with van der Waals surface area (Å²) in [5.74, 6) is 1.18. The van der Waals surface area contributed by atoms with E-state index in [0.29, 0.717) is 41.4 Å². The number of carbonyl (C=O) groups is 1. The lowest BCUT2D eigenvalue weighted by Gasteiger charge is -2.23. The first-order chi connectivity index (χ1) is 19.2. The van der Waals surface area contributed by atoms with Crippen LogP contribution in [0.1, 0.15) is 41.6 Å². The molecule has 0 aliphatic carbocycles. The monoisotopic (exact) mass is 522 g/mol. The number of pyridine rings is 1. The molecule has 0 saturated carbocycles. The van der Waals surface area contributed by atoms with E-state index in [1.807, 2.05) is 54.6 Å². The molecular formula is C31H30N4O4. The van der Waals surface area contributed by atoms with Crippen molar-refractivity contribution in [2.75, 3.05) is 26.3 Å². The summed E-state index contributed by atoms with van der Waals surface area (Å²) in [6, 6.07) is 19.3. The molecule has 0 bridgehead atoms. The largest absolute Gasteiger partial charge is 0.489 e. The zero-order chi connectivity index (χ0) is 26.6. The van der Waals surface area contributed by atoms with E-state index in [0.717, 1.165) is 61.0 Å². The summed E-state index contributed by atoms with van der Waals surface area (Å²) in [5.41, 5.74) is 5.00. The highest BCUT2D eigenvalue weighted by Gasteiger charge is 2.20. The van der Waals surface area contributed by atoms with Gasteiger partial charge in [-0.15, -0.1) is 0 Å². The predicted octanol–water partition coefficient (Wildman–Crippen LogP) is 5.07. The maximum absolute atomic E-state index is 12.7. The molecular weight excluding hydrogens is 492 g/mol.